The molecular formula is C15H20O4. The van der Waals surface area contributed by atoms with Crippen molar-refractivity contribution in [2.75, 3.05) is 6.61 Å². The summed E-state index contributed by atoms with van der Waals surface area (Å²) in [6, 6.07) is 9.69. The first-order valence-corrected chi connectivity index (χ1v) is 6.55. The minimum absolute atomic E-state index is 0.0407. The predicted octanol–water partition coefficient (Wildman–Crippen LogP) is 2.66. The number of rotatable bonds is 8. The number of carboxylic acids is 1. The summed E-state index contributed by atoms with van der Waals surface area (Å²) in [5.74, 6) is -1.88. The second kappa shape index (κ2) is 8.29. The number of aliphatic carboxylic acids is 1. The third kappa shape index (κ3) is 6.04. The number of hydrogen-bond donors (Lipinski definition) is 1. The number of carbonyl (C=O) groups excluding carboxylic acids is 1. The van der Waals surface area contributed by atoms with Crippen LogP contribution >= 0.6 is 0 Å². The normalized spacial score (nSPS) is 11.8. The summed E-state index contributed by atoms with van der Waals surface area (Å²) >= 11 is 0. The van der Waals surface area contributed by atoms with E-state index in [2.05, 4.69) is 0 Å². The van der Waals surface area contributed by atoms with Crippen molar-refractivity contribution in [1.82, 2.24) is 0 Å². The van der Waals surface area contributed by atoms with Crippen LogP contribution in [0.4, 0.5) is 0 Å². The monoisotopic (exact) mass is 264 g/mol. The Morgan fingerprint density at radius 2 is 1.95 bits per heavy atom. The molecule has 0 aliphatic rings. The lowest BCUT2D eigenvalue weighted by Gasteiger charge is -2.12. The summed E-state index contributed by atoms with van der Waals surface area (Å²) in [7, 11) is 0. The Balaban J connectivity index is 2.41. The Kier molecular flexibility index (Phi) is 6.64. The molecule has 0 fully saturated rings. The van der Waals surface area contributed by atoms with Crippen molar-refractivity contribution in [2.24, 2.45) is 5.92 Å². The van der Waals surface area contributed by atoms with E-state index in [1.165, 1.54) is 0 Å². The van der Waals surface area contributed by atoms with Crippen LogP contribution in [-0.4, -0.2) is 23.7 Å². The van der Waals surface area contributed by atoms with Gasteiger partial charge in [-0.15, -0.1) is 0 Å². The van der Waals surface area contributed by atoms with Gasteiger partial charge in [0.1, 0.15) is 6.61 Å². The maximum atomic E-state index is 11.2. The molecule has 0 heterocycles. The predicted molar refractivity (Wildman–Crippen MR) is 71.8 cm³/mol. The van der Waals surface area contributed by atoms with Gasteiger partial charge in [-0.3, -0.25) is 9.59 Å². The molecule has 0 aromatic heterocycles. The Morgan fingerprint density at radius 3 is 2.53 bits per heavy atom. The molecule has 0 saturated carbocycles. The molecule has 1 atom stereocenters. The van der Waals surface area contributed by atoms with Crippen LogP contribution in [0, 0.1) is 5.92 Å². The first-order chi connectivity index (χ1) is 9.13. The van der Waals surface area contributed by atoms with Gasteiger partial charge in [0.2, 0.25) is 0 Å². The molecule has 1 N–H and O–H groups in total. The van der Waals surface area contributed by atoms with Crippen LogP contribution in [-0.2, 0) is 20.7 Å². The van der Waals surface area contributed by atoms with E-state index in [0.717, 1.165) is 5.56 Å². The number of hydrogen-bond acceptors (Lipinski definition) is 3. The number of carbonyl (C=O) groups is 2. The maximum Gasteiger partial charge on any atom is 0.309 e. The molecule has 1 unspecified atom stereocenters. The molecule has 0 amide bonds. The Hall–Kier alpha value is -1.84. The van der Waals surface area contributed by atoms with E-state index in [0.29, 0.717) is 25.7 Å². The fourth-order valence-corrected chi connectivity index (χ4v) is 1.73. The summed E-state index contributed by atoms with van der Waals surface area (Å²) in [6.45, 7) is 1.84. The summed E-state index contributed by atoms with van der Waals surface area (Å²) in [5.41, 5.74) is 1.09. The largest absolute Gasteiger partial charge is 0.481 e. The summed E-state index contributed by atoms with van der Waals surface area (Å²) in [6.07, 6.45) is 2.19. The van der Waals surface area contributed by atoms with E-state index in [-0.39, 0.29) is 12.6 Å². The van der Waals surface area contributed by atoms with Crippen LogP contribution in [0.3, 0.4) is 0 Å². The number of benzene rings is 1. The topological polar surface area (TPSA) is 63.6 Å². The van der Waals surface area contributed by atoms with Crippen LogP contribution in [0.15, 0.2) is 30.3 Å². The van der Waals surface area contributed by atoms with Crippen LogP contribution in [0.25, 0.3) is 0 Å². The maximum absolute atomic E-state index is 11.2. The molecule has 1 rings (SSSR count). The van der Waals surface area contributed by atoms with Crippen LogP contribution in [0.2, 0.25) is 0 Å². The Bertz CT molecular complexity index is 400. The van der Waals surface area contributed by atoms with Crippen molar-refractivity contribution in [3.8, 4) is 0 Å². The molecule has 0 spiro atoms. The molecule has 4 nitrogen and oxygen atoms in total. The molecule has 0 aliphatic carbocycles. The zero-order valence-corrected chi connectivity index (χ0v) is 11.2. The van der Waals surface area contributed by atoms with Gasteiger partial charge in [0.25, 0.3) is 0 Å². The highest BCUT2D eigenvalue weighted by Gasteiger charge is 2.19. The van der Waals surface area contributed by atoms with Crippen LogP contribution < -0.4 is 0 Å². The van der Waals surface area contributed by atoms with E-state index in [4.69, 9.17) is 9.84 Å². The van der Waals surface area contributed by atoms with Crippen LogP contribution in [0.5, 0.6) is 0 Å². The zero-order chi connectivity index (χ0) is 14.1. The molecule has 19 heavy (non-hydrogen) atoms. The third-order valence-corrected chi connectivity index (χ3v) is 2.87. The van der Waals surface area contributed by atoms with Gasteiger partial charge in [0.05, 0.1) is 5.92 Å². The summed E-state index contributed by atoms with van der Waals surface area (Å²) in [4.78, 5) is 22.3. The SMILES string of the molecule is CCCC(=O)OCC(CCc1ccccc1)C(=O)O. The minimum Gasteiger partial charge on any atom is -0.481 e. The molecular weight excluding hydrogens is 244 g/mol. The highest BCUT2D eigenvalue weighted by Crippen LogP contribution is 2.11. The smallest absolute Gasteiger partial charge is 0.309 e. The van der Waals surface area contributed by atoms with Gasteiger partial charge in [0.15, 0.2) is 0 Å². The number of ether oxygens (including phenoxy) is 1. The van der Waals surface area contributed by atoms with E-state index in [9.17, 15) is 9.59 Å². The number of esters is 1. The lowest BCUT2D eigenvalue weighted by Crippen LogP contribution is -2.22. The zero-order valence-electron chi connectivity index (χ0n) is 11.2. The van der Waals surface area contributed by atoms with Gasteiger partial charge in [-0.2, -0.15) is 0 Å². The fourth-order valence-electron chi connectivity index (χ4n) is 1.73. The van der Waals surface area contributed by atoms with Crippen LogP contribution in [0.1, 0.15) is 31.7 Å². The van der Waals surface area contributed by atoms with Gasteiger partial charge in [-0.1, -0.05) is 37.3 Å². The van der Waals surface area contributed by atoms with E-state index in [1.54, 1.807) is 0 Å². The van der Waals surface area contributed by atoms with E-state index < -0.39 is 11.9 Å². The standard InChI is InChI=1S/C15H20O4/c1-2-6-14(16)19-11-13(15(17)18)10-9-12-7-4-3-5-8-12/h3-5,7-8,13H,2,6,9-11H2,1H3,(H,17,18). The van der Waals surface area contributed by atoms with Crippen molar-refractivity contribution in [3.63, 3.8) is 0 Å². The first kappa shape index (κ1) is 15.2. The van der Waals surface area contributed by atoms with Crippen molar-refractivity contribution >= 4 is 11.9 Å². The molecule has 0 aliphatic heterocycles. The van der Waals surface area contributed by atoms with E-state index in [1.807, 2.05) is 37.3 Å². The first-order valence-electron chi connectivity index (χ1n) is 6.55. The molecule has 0 radical (unpaired) electrons. The van der Waals surface area contributed by atoms with Crippen molar-refractivity contribution in [1.29, 1.82) is 0 Å². The molecule has 1 aromatic carbocycles. The van der Waals surface area contributed by atoms with E-state index >= 15 is 0 Å². The molecule has 0 saturated heterocycles. The average molecular weight is 264 g/mol. The number of carboxylic acid groups (broad SMARTS) is 1. The number of aryl methyl sites for hydroxylation is 1. The van der Waals surface area contributed by atoms with Gasteiger partial charge in [0, 0.05) is 6.42 Å². The fraction of sp³-hybridized carbons (Fsp3) is 0.467. The molecule has 104 valence electrons. The summed E-state index contributed by atoms with van der Waals surface area (Å²) in [5, 5.41) is 9.10. The molecule has 1 aromatic rings. The second-order valence-corrected chi connectivity index (χ2v) is 4.49. The Morgan fingerprint density at radius 1 is 1.26 bits per heavy atom. The Labute approximate surface area is 113 Å². The average Bonchev–Trinajstić information content (AvgIpc) is 2.39. The molecule has 0 bridgehead atoms. The van der Waals surface area contributed by atoms with Gasteiger partial charge >= 0.3 is 11.9 Å². The highest BCUT2D eigenvalue weighted by molar-refractivity contribution is 5.72. The van der Waals surface area contributed by atoms with Gasteiger partial charge in [-0.05, 0) is 24.8 Å². The third-order valence-electron chi connectivity index (χ3n) is 2.87. The summed E-state index contributed by atoms with van der Waals surface area (Å²) < 4.78 is 4.97. The van der Waals surface area contributed by atoms with Crippen molar-refractivity contribution < 1.29 is 19.4 Å². The minimum atomic E-state index is -0.916. The van der Waals surface area contributed by atoms with Gasteiger partial charge in [-0.25, -0.2) is 0 Å². The second-order valence-electron chi connectivity index (χ2n) is 4.49. The van der Waals surface area contributed by atoms with Gasteiger partial charge < -0.3 is 9.84 Å². The molecule has 4 heteroatoms. The van der Waals surface area contributed by atoms with Crippen molar-refractivity contribution in [3.05, 3.63) is 35.9 Å². The highest BCUT2D eigenvalue weighted by atomic mass is 16.5. The lowest BCUT2D eigenvalue weighted by molar-refractivity contribution is -0.151. The quantitative estimate of drug-likeness (QED) is 0.733. The lowest BCUT2D eigenvalue weighted by atomic mass is 10.0. The van der Waals surface area contributed by atoms with Crippen molar-refractivity contribution in [2.45, 2.75) is 32.6 Å².